The fraction of sp³-hybridized carbons (Fsp3) is 0.316. The molecule has 0 amide bonds. The number of sulfonamides is 1. The molecule has 0 radical (unpaired) electrons. The van der Waals surface area contributed by atoms with Crippen LogP contribution in [0.5, 0.6) is 0 Å². The summed E-state index contributed by atoms with van der Waals surface area (Å²) in [6.07, 6.45) is 0. The summed E-state index contributed by atoms with van der Waals surface area (Å²) in [4.78, 5) is 1.70. The van der Waals surface area contributed by atoms with E-state index >= 15 is 0 Å². The van der Waals surface area contributed by atoms with Crippen molar-refractivity contribution in [2.24, 2.45) is 0 Å². The van der Waals surface area contributed by atoms with Crippen LogP contribution in [0.1, 0.15) is 16.7 Å². The number of nitrogens with one attached hydrogen (secondary N) is 1. The minimum absolute atomic E-state index is 0.364. The van der Waals surface area contributed by atoms with Gasteiger partial charge in [-0.1, -0.05) is 29.8 Å². The highest BCUT2D eigenvalue weighted by atomic mass is 32.2. The second-order valence-corrected chi connectivity index (χ2v) is 8.39. The van der Waals surface area contributed by atoms with Crippen molar-refractivity contribution in [2.75, 3.05) is 26.2 Å². The average Bonchev–Trinajstić information content (AvgIpc) is 2.63. The zero-order valence-corrected chi connectivity index (χ0v) is 15.1. The molecule has 130 valence electrons. The topological polar surface area (TPSA) is 65.6 Å². The predicted octanol–water partition coefficient (Wildman–Crippen LogP) is 0.956. The summed E-state index contributed by atoms with van der Waals surface area (Å²) in [5, 5.41) is 8.99. The maximum absolute atomic E-state index is 12.7. The van der Waals surface area contributed by atoms with Gasteiger partial charge in [0.2, 0.25) is 10.0 Å². The van der Waals surface area contributed by atoms with Crippen LogP contribution in [0.4, 0.5) is 0 Å². The first-order valence-electron chi connectivity index (χ1n) is 8.38. The summed E-state index contributed by atoms with van der Waals surface area (Å²) in [5.41, 5.74) is 2.83. The van der Waals surface area contributed by atoms with Gasteiger partial charge in [-0.2, -0.15) is 9.57 Å². The molecule has 6 heteroatoms. The number of nitrogens with zero attached hydrogens (tertiary/aromatic N) is 2. The molecule has 0 aromatic heterocycles. The van der Waals surface area contributed by atoms with E-state index in [1.807, 2.05) is 37.3 Å². The van der Waals surface area contributed by atoms with Crippen LogP contribution in [0.15, 0.2) is 53.4 Å². The summed E-state index contributed by atoms with van der Waals surface area (Å²) in [6.45, 7) is 5.32. The van der Waals surface area contributed by atoms with E-state index in [2.05, 4.69) is 6.07 Å². The third-order valence-electron chi connectivity index (χ3n) is 4.60. The van der Waals surface area contributed by atoms with Gasteiger partial charge in [0.15, 0.2) is 0 Å². The first-order valence-corrected chi connectivity index (χ1v) is 9.82. The summed E-state index contributed by atoms with van der Waals surface area (Å²) < 4.78 is 27.0. The highest BCUT2D eigenvalue weighted by Crippen LogP contribution is 2.16. The zero-order valence-electron chi connectivity index (χ0n) is 14.3. The number of hydrogen-bond donors (Lipinski definition) is 1. The molecule has 0 spiro atoms. The lowest BCUT2D eigenvalue weighted by Crippen LogP contribution is -3.13. The Morgan fingerprint density at radius 3 is 2.44 bits per heavy atom. The van der Waals surface area contributed by atoms with Crippen LogP contribution in [-0.2, 0) is 16.6 Å². The summed E-state index contributed by atoms with van der Waals surface area (Å²) in [5.74, 6) is 0. The summed E-state index contributed by atoms with van der Waals surface area (Å²) in [6, 6.07) is 16.8. The Labute approximate surface area is 149 Å². The third-order valence-corrected chi connectivity index (χ3v) is 6.51. The monoisotopic (exact) mass is 356 g/mol. The standard InChI is InChI=1S/C19H21N3O2S/c1-16-5-7-19(8-6-16)25(23,24)22-11-9-21(10-12-22)15-18-4-2-3-17(13-18)14-20/h2-8,13H,9-12,15H2,1H3/p+1. The Bertz CT molecular complexity index is 878. The molecule has 2 aromatic rings. The second kappa shape index (κ2) is 7.36. The van der Waals surface area contributed by atoms with E-state index in [9.17, 15) is 8.42 Å². The molecule has 1 fully saturated rings. The van der Waals surface area contributed by atoms with Gasteiger partial charge in [0.25, 0.3) is 0 Å². The highest BCUT2D eigenvalue weighted by Gasteiger charge is 2.30. The normalized spacial score (nSPS) is 16.5. The molecule has 3 rings (SSSR count). The molecular weight excluding hydrogens is 334 g/mol. The number of hydrogen-bond acceptors (Lipinski definition) is 3. The molecule has 1 N–H and O–H groups in total. The fourth-order valence-electron chi connectivity index (χ4n) is 3.12. The van der Waals surface area contributed by atoms with Crippen molar-refractivity contribution >= 4 is 10.0 Å². The molecule has 0 unspecified atom stereocenters. The van der Waals surface area contributed by atoms with Gasteiger partial charge in [-0.3, -0.25) is 0 Å². The van der Waals surface area contributed by atoms with Crippen molar-refractivity contribution in [3.05, 3.63) is 65.2 Å². The van der Waals surface area contributed by atoms with Gasteiger partial charge < -0.3 is 4.90 Å². The predicted molar refractivity (Wildman–Crippen MR) is 95.5 cm³/mol. The molecule has 1 heterocycles. The van der Waals surface area contributed by atoms with Crippen molar-refractivity contribution in [1.82, 2.24) is 4.31 Å². The van der Waals surface area contributed by atoms with Crippen LogP contribution in [0.25, 0.3) is 0 Å². The van der Waals surface area contributed by atoms with E-state index in [-0.39, 0.29) is 0 Å². The van der Waals surface area contributed by atoms with Gasteiger partial charge in [-0.05, 0) is 31.2 Å². The largest absolute Gasteiger partial charge is 0.329 e. The first kappa shape index (κ1) is 17.6. The number of benzene rings is 2. The average molecular weight is 356 g/mol. The van der Waals surface area contributed by atoms with Gasteiger partial charge in [0.05, 0.1) is 42.7 Å². The van der Waals surface area contributed by atoms with Crippen molar-refractivity contribution in [3.8, 4) is 6.07 Å². The minimum Gasteiger partial charge on any atom is -0.329 e. The SMILES string of the molecule is Cc1ccc(S(=O)(=O)N2CC[NH+](Cc3cccc(C#N)c3)CC2)cc1. The van der Waals surface area contributed by atoms with Crippen LogP contribution in [-0.4, -0.2) is 38.9 Å². The Morgan fingerprint density at radius 1 is 1.12 bits per heavy atom. The molecule has 1 aliphatic rings. The van der Waals surface area contributed by atoms with Crippen molar-refractivity contribution in [2.45, 2.75) is 18.4 Å². The maximum Gasteiger partial charge on any atom is 0.243 e. The van der Waals surface area contributed by atoms with Gasteiger partial charge in [-0.15, -0.1) is 0 Å². The Hall–Kier alpha value is -2.20. The van der Waals surface area contributed by atoms with Crippen molar-refractivity contribution < 1.29 is 13.3 Å². The quantitative estimate of drug-likeness (QED) is 0.887. The molecule has 0 bridgehead atoms. The molecular formula is C19H22N3O2S+. The molecule has 0 aliphatic carbocycles. The van der Waals surface area contributed by atoms with E-state index in [1.54, 1.807) is 22.5 Å². The highest BCUT2D eigenvalue weighted by molar-refractivity contribution is 7.89. The van der Waals surface area contributed by atoms with Gasteiger partial charge in [0, 0.05) is 5.56 Å². The van der Waals surface area contributed by atoms with Crippen LogP contribution < -0.4 is 4.90 Å². The van der Waals surface area contributed by atoms with Gasteiger partial charge in [-0.25, -0.2) is 8.42 Å². The summed E-state index contributed by atoms with van der Waals surface area (Å²) in [7, 11) is -3.41. The van der Waals surface area contributed by atoms with E-state index in [0.717, 1.165) is 30.8 Å². The van der Waals surface area contributed by atoms with E-state index in [1.165, 1.54) is 4.90 Å². The second-order valence-electron chi connectivity index (χ2n) is 6.46. The summed E-state index contributed by atoms with van der Waals surface area (Å²) >= 11 is 0. The molecule has 1 aliphatic heterocycles. The van der Waals surface area contributed by atoms with E-state index < -0.39 is 10.0 Å². The number of quaternary nitrogens is 1. The van der Waals surface area contributed by atoms with E-state index in [4.69, 9.17) is 5.26 Å². The number of nitriles is 1. The van der Waals surface area contributed by atoms with Crippen molar-refractivity contribution in [1.29, 1.82) is 5.26 Å². The van der Waals surface area contributed by atoms with Crippen LogP contribution in [0.2, 0.25) is 0 Å². The molecule has 0 saturated carbocycles. The molecule has 1 saturated heterocycles. The van der Waals surface area contributed by atoms with Crippen LogP contribution in [0, 0.1) is 18.3 Å². The number of aryl methyl sites for hydroxylation is 1. The molecule has 25 heavy (non-hydrogen) atoms. The number of piperazine rings is 1. The lowest BCUT2D eigenvalue weighted by Gasteiger charge is -2.31. The minimum atomic E-state index is -3.41. The third kappa shape index (κ3) is 4.07. The zero-order chi connectivity index (χ0) is 17.9. The Kier molecular flexibility index (Phi) is 5.19. The molecule has 0 atom stereocenters. The molecule has 2 aromatic carbocycles. The smallest absolute Gasteiger partial charge is 0.243 e. The van der Waals surface area contributed by atoms with Gasteiger partial charge >= 0.3 is 0 Å². The lowest BCUT2D eigenvalue weighted by atomic mass is 10.1. The van der Waals surface area contributed by atoms with E-state index in [0.29, 0.717) is 23.5 Å². The molecule has 5 nitrogen and oxygen atoms in total. The fourth-order valence-corrected chi connectivity index (χ4v) is 4.56. The first-order chi connectivity index (χ1) is 12.0. The van der Waals surface area contributed by atoms with Crippen LogP contribution >= 0.6 is 0 Å². The van der Waals surface area contributed by atoms with Crippen molar-refractivity contribution in [3.63, 3.8) is 0 Å². The maximum atomic E-state index is 12.7. The van der Waals surface area contributed by atoms with Crippen LogP contribution in [0.3, 0.4) is 0 Å². The Balaban J connectivity index is 1.63. The number of rotatable bonds is 4. The van der Waals surface area contributed by atoms with Gasteiger partial charge in [0.1, 0.15) is 6.54 Å². The lowest BCUT2D eigenvalue weighted by molar-refractivity contribution is -0.917. The Morgan fingerprint density at radius 2 is 1.80 bits per heavy atom.